The van der Waals surface area contributed by atoms with Crippen molar-refractivity contribution in [1.29, 1.82) is 0 Å². The van der Waals surface area contributed by atoms with Gasteiger partial charge < -0.3 is 9.88 Å². The van der Waals surface area contributed by atoms with Gasteiger partial charge in [0.1, 0.15) is 0 Å². The van der Waals surface area contributed by atoms with Gasteiger partial charge in [0.05, 0.1) is 6.54 Å². The first-order valence-corrected chi connectivity index (χ1v) is 8.04. The molecule has 1 aromatic heterocycles. The van der Waals surface area contributed by atoms with E-state index in [1.807, 2.05) is 6.92 Å². The lowest BCUT2D eigenvalue weighted by Gasteiger charge is -2.02. The maximum Gasteiger partial charge on any atom is 0.0837 e. The summed E-state index contributed by atoms with van der Waals surface area (Å²) in [5.41, 5.74) is 2.76. The second-order valence-electron chi connectivity index (χ2n) is 5.43. The highest BCUT2D eigenvalue weighted by Crippen LogP contribution is 2.22. The molecule has 1 N–H and O–H groups in total. The van der Waals surface area contributed by atoms with Crippen LogP contribution in [0.15, 0.2) is 30.5 Å². The molecule has 21 heavy (non-hydrogen) atoms. The zero-order chi connectivity index (χ0) is 14.9. The average Bonchev–Trinajstić information content (AvgIpc) is 2.87. The van der Waals surface area contributed by atoms with Crippen molar-refractivity contribution < 1.29 is 0 Å². The van der Waals surface area contributed by atoms with E-state index in [2.05, 4.69) is 59.1 Å². The Morgan fingerprint density at radius 2 is 2.00 bits per heavy atom. The lowest BCUT2D eigenvalue weighted by atomic mass is 10.1. The molecule has 0 fully saturated rings. The third kappa shape index (κ3) is 4.37. The van der Waals surface area contributed by atoms with E-state index in [4.69, 9.17) is 0 Å². The molecule has 2 rings (SSSR count). The Balaban J connectivity index is 2.00. The molecular weight excluding hydrogens is 256 g/mol. The van der Waals surface area contributed by atoms with Crippen molar-refractivity contribution in [3.05, 3.63) is 36.0 Å². The Labute approximate surface area is 128 Å². The number of hydrogen-bond donors (Lipinski definition) is 1. The summed E-state index contributed by atoms with van der Waals surface area (Å²) < 4.78 is 2.27. The van der Waals surface area contributed by atoms with Gasteiger partial charge in [-0.3, -0.25) is 0 Å². The fourth-order valence-electron chi connectivity index (χ4n) is 2.68. The van der Waals surface area contributed by atoms with E-state index in [9.17, 15) is 0 Å². The van der Waals surface area contributed by atoms with E-state index >= 15 is 0 Å². The molecular formula is C19H26N2. The summed E-state index contributed by atoms with van der Waals surface area (Å²) >= 11 is 0. The van der Waals surface area contributed by atoms with E-state index < -0.39 is 0 Å². The number of unbranched alkanes of at least 4 members (excludes halogenated alkanes) is 1. The second kappa shape index (κ2) is 8.54. The summed E-state index contributed by atoms with van der Waals surface area (Å²) in [7, 11) is 0. The van der Waals surface area contributed by atoms with Crippen LogP contribution in [0.2, 0.25) is 0 Å². The van der Waals surface area contributed by atoms with Gasteiger partial charge in [0.2, 0.25) is 0 Å². The normalized spacial score (nSPS) is 10.6. The number of hydrogen-bond acceptors (Lipinski definition) is 1. The molecule has 2 aromatic rings. The fraction of sp³-hybridized carbons (Fsp3) is 0.474. The van der Waals surface area contributed by atoms with Crippen molar-refractivity contribution >= 4 is 10.9 Å². The highest BCUT2D eigenvalue weighted by atomic mass is 14.9. The summed E-state index contributed by atoms with van der Waals surface area (Å²) in [6, 6.07) is 8.66. The molecule has 0 saturated heterocycles. The van der Waals surface area contributed by atoms with Crippen LogP contribution in [0, 0.1) is 11.8 Å². The summed E-state index contributed by atoms with van der Waals surface area (Å²) in [6.07, 6.45) is 7.14. The van der Waals surface area contributed by atoms with Crippen LogP contribution >= 0.6 is 0 Å². The van der Waals surface area contributed by atoms with Gasteiger partial charge in [-0.2, -0.15) is 0 Å². The Morgan fingerprint density at radius 3 is 2.81 bits per heavy atom. The molecule has 0 spiro atoms. The smallest absolute Gasteiger partial charge is 0.0837 e. The molecule has 2 nitrogen and oxygen atoms in total. The molecule has 112 valence electrons. The zero-order valence-corrected chi connectivity index (χ0v) is 13.3. The number of benzene rings is 1. The standard InChI is InChI=1S/C19H26N2/c1-3-5-15-21-16-17(10-8-9-14-20-13-4-2)18-11-6-7-12-19(18)21/h6-7,11-12,16,20H,4,8-10,13-15H2,1-2H3. The summed E-state index contributed by atoms with van der Waals surface area (Å²) in [6.45, 7) is 7.16. The maximum absolute atomic E-state index is 3.47. The van der Waals surface area contributed by atoms with Gasteiger partial charge >= 0.3 is 0 Å². The minimum absolute atomic E-state index is 0.787. The number of aromatic nitrogens is 1. The first kappa shape index (κ1) is 15.7. The predicted molar refractivity (Wildman–Crippen MR) is 91.5 cm³/mol. The summed E-state index contributed by atoms with van der Waals surface area (Å²) in [5.74, 6) is 6.15. The highest BCUT2D eigenvalue weighted by Gasteiger charge is 2.06. The van der Waals surface area contributed by atoms with Gasteiger partial charge in [-0.25, -0.2) is 0 Å². The van der Waals surface area contributed by atoms with Crippen molar-refractivity contribution in [3.8, 4) is 11.8 Å². The van der Waals surface area contributed by atoms with E-state index in [1.165, 1.54) is 35.7 Å². The van der Waals surface area contributed by atoms with Crippen molar-refractivity contribution in [3.63, 3.8) is 0 Å². The SMILES string of the molecule is CC#CCn1cc(CCCCNCCC)c2ccccc21. The van der Waals surface area contributed by atoms with Gasteiger partial charge in [0.15, 0.2) is 0 Å². The number of para-hydroxylation sites is 1. The third-order valence-corrected chi connectivity index (χ3v) is 3.77. The van der Waals surface area contributed by atoms with Gasteiger partial charge in [-0.15, -0.1) is 5.92 Å². The molecule has 0 amide bonds. The first-order chi connectivity index (χ1) is 10.4. The van der Waals surface area contributed by atoms with E-state index in [-0.39, 0.29) is 0 Å². The molecule has 0 unspecified atom stereocenters. The third-order valence-electron chi connectivity index (χ3n) is 3.77. The lowest BCUT2D eigenvalue weighted by molar-refractivity contribution is 0.617. The van der Waals surface area contributed by atoms with Crippen LogP contribution in [0.5, 0.6) is 0 Å². The number of aryl methyl sites for hydroxylation is 1. The Bertz CT molecular complexity index is 613. The van der Waals surface area contributed by atoms with Gasteiger partial charge in [0.25, 0.3) is 0 Å². The van der Waals surface area contributed by atoms with Crippen LogP contribution in [-0.2, 0) is 13.0 Å². The topological polar surface area (TPSA) is 17.0 Å². The van der Waals surface area contributed by atoms with Crippen LogP contribution in [0.4, 0.5) is 0 Å². The Kier molecular flexibility index (Phi) is 6.37. The average molecular weight is 282 g/mol. The lowest BCUT2D eigenvalue weighted by Crippen LogP contribution is -2.15. The number of rotatable bonds is 8. The van der Waals surface area contributed by atoms with Crippen molar-refractivity contribution in [2.24, 2.45) is 0 Å². The fourth-order valence-corrected chi connectivity index (χ4v) is 2.68. The minimum atomic E-state index is 0.787. The largest absolute Gasteiger partial charge is 0.336 e. The van der Waals surface area contributed by atoms with Crippen molar-refractivity contribution in [2.45, 2.75) is 46.1 Å². The van der Waals surface area contributed by atoms with E-state index in [0.717, 1.165) is 26.1 Å². The molecule has 1 aromatic carbocycles. The second-order valence-corrected chi connectivity index (χ2v) is 5.43. The summed E-state index contributed by atoms with van der Waals surface area (Å²) in [5, 5.41) is 4.85. The quantitative estimate of drug-likeness (QED) is 0.572. The van der Waals surface area contributed by atoms with Crippen LogP contribution in [0.3, 0.4) is 0 Å². The molecule has 1 heterocycles. The molecule has 0 saturated carbocycles. The molecule has 0 atom stereocenters. The zero-order valence-electron chi connectivity index (χ0n) is 13.3. The monoisotopic (exact) mass is 282 g/mol. The summed E-state index contributed by atoms with van der Waals surface area (Å²) in [4.78, 5) is 0. The number of nitrogens with one attached hydrogen (secondary N) is 1. The van der Waals surface area contributed by atoms with E-state index in [0.29, 0.717) is 0 Å². The Morgan fingerprint density at radius 1 is 1.14 bits per heavy atom. The molecule has 0 aliphatic carbocycles. The number of fused-ring (bicyclic) bond motifs is 1. The maximum atomic E-state index is 3.47. The Hall–Kier alpha value is -1.72. The molecule has 0 aliphatic rings. The predicted octanol–water partition coefficient (Wildman–Crippen LogP) is 3.99. The highest BCUT2D eigenvalue weighted by molar-refractivity contribution is 5.84. The van der Waals surface area contributed by atoms with Crippen molar-refractivity contribution in [2.75, 3.05) is 13.1 Å². The van der Waals surface area contributed by atoms with E-state index in [1.54, 1.807) is 0 Å². The van der Waals surface area contributed by atoms with Gasteiger partial charge in [-0.1, -0.05) is 31.0 Å². The molecule has 2 heteroatoms. The molecule has 0 aliphatic heterocycles. The van der Waals surface area contributed by atoms with Gasteiger partial charge in [-0.05, 0) is 57.3 Å². The molecule has 0 bridgehead atoms. The van der Waals surface area contributed by atoms with Crippen LogP contribution in [-0.4, -0.2) is 17.7 Å². The van der Waals surface area contributed by atoms with Crippen LogP contribution < -0.4 is 5.32 Å². The molecule has 0 radical (unpaired) electrons. The van der Waals surface area contributed by atoms with Crippen LogP contribution in [0.25, 0.3) is 10.9 Å². The first-order valence-electron chi connectivity index (χ1n) is 8.04. The van der Waals surface area contributed by atoms with Crippen molar-refractivity contribution in [1.82, 2.24) is 9.88 Å². The minimum Gasteiger partial charge on any atom is -0.336 e. The number of nitrogens with zero attached hydrogens (tertiary/aromatic N) is 1. The van der Waals surface area contributed by atoms with Gasteiger partial charge in [0, 0.05) is 17.1 Å². The van der Waals surface area contributed by atoms with Crippen LogP contribution in [0.1, 0.15) is 38.7 Å².